The number of aromatic hydroxyl groups is 1. The average molecular weight is 485 g/mol. The quantitative estimate of drug-likeness (QED) is 0.537. The van der Waals surface area contributed by atoms with Crippen molar-refractivity contribution in [3.63, 3.8) is 0 Å². The summed E-state index contributed by atoms with van der Waals surface area (Å²) in [6, 6.07) is 18.0. The number of ether oxygens (including phenoxy) is 1. The van der Waals surface area contributed by atoms with E-state index in [1.165, 1.54) is 25.3 Å². The predicted molar refractivity (Wildman–Crippen MR) is 124 cm³/mol. The molecule has 0 spiro atoms. The Balaban J connectivity index is 1.60. The molecule has 0 bridgehead atoms. The summed E-state index contributed by atoms with van der Waals surface area (Å²) in [7, 11) is 1.44. The number of carbonyl (C=O) groups excluding carboxylic acids is 2. The minimum absolute atomic E-state index is 0.0331. The number of phenols is 1. The highest BCUT2D eigenvalue weighted by molar-refractivity contribution is 6.42. The highest BCUT2D eigenvalue weighted by atomic mass is 35.5. The minimum atomic E-state index is -1.03. The lowest BCUT2D eigenvalue weighted by molar-refractivity contribution is -0.126. The number of fused-ring (bicyclic) bond motifs is 1. The smallest absolute Gasteiger partial charge is 0.266 e. The molecule has 33 heavy (non-hydrogen) atoms. The molecular formula is C24H18Cl2N2O5. The summed E-state index contributed by atoms with van der Waals surface area (Å²) in [6.07, 6.45) is -1.03. The van der Waals surface area contributed by atoms with E-state index in [4.69, 9.17) is 32.8 Å². The predicted octanol–water partition coefficient (Wildman–Crippen LogP) is 4.76. The van der Waals surface area contributed by atoms with Crippen molar-refractivity contribution in [2.75, 3.05) is 17.1 Å². The number of hydrogen-bond acceptors (Lipinski definition) is 6. The summed E-state index contributed by atoms with van der Waals surface area (Å²) in [5.41, 5.74) is 1.66. The number of methoxy groups -OCH3 is 1. The van der Waals surface area contributed by atoms with Crippen LogP contribution in [0.3, 0.4) is 0 Å². The van der Waals surface area contributed by atoms with Crippen molar-refractivity contribution in [3.05, 3.63) is 82.3 Å². The highest BCUT2D eigenvalue weighted by Crippen LogP contribution is 2.48. The van der Waals surface area contributed by atoms with Crippen molar-refractivity contribution in [3.8, 4) is 11.5 Å². The van der Waals surface area contributed by atoms with Gasteiger partial charge in [-0.2, -0.15) is 0 Å². The van der Waals surface area contributed by atoms with Crippen LogP contribution in [0, 0.1) is 5.92 Å². The van der Waals surface area contributed by atoms with Crippen LogP contribution in [0.4, 0.5) is 11.4 Å². The second-order valence-electron chi connectivity index (χ2n) is 7.70. The third kappa shape index (κ3) is 3.49. The van der Waals surface area contributed by atoms with E-state index in [9.17, 15) is 14.7 Å². The van der Waals surface area contributed by atoms with Crippen LogP contribution in [0.15, 0.2) is 66.7 Å². The Morgan fingerprint density at radius 3 is 2.36 bits per heavy atom. The van der Waals surface area contributed by atoms with Gasteiger partial charge in [0.15, 0.2) is 17.6 Å². The van der Waals surface area contributed by atoms with Gasteiger partial charge in [-0.25, -0.2) is 9.96 Å². The molecule has 2 fully saturated rings. The summed E-state index contributed by atoms with van der Waals surface area (Å²) < 4.78 is 5.26. The van der Waals surface area contributed by atoms with Crippen molar-refractivity contribution in [1.82, 2.24) is 0 Å². The third-order valence-corrected chi connectivity index (χ3v) is 6.57. The zero-order chi connectivity index (χ0) is 23.3. The average Bonchev–Trinajstić information content (AvgIpc) is 3.33. The fraction of sp³-hybridized carbons (Fsp3) is 0.167. The molecule has 3 aromatic carbocycles. The lowest BCUT2D eigenvalue weighted by Crippen LogP contribution is -2.37. The second kappa shape index (κ2) is 8.26. The Morgan fingerprint density at radius 1 is 0.909 bits per heavy atom. The van der Waals surface area contributed by atoms with Crippen LogP contribution in [0.5, 0.6) is 11.5 Å². The lowest BCUT2D eigenvalue weighted by atomic mass is 9.90. The standard InChI is InChI=1S/C24H18Cl2N2O5/c1-32-19-11-13(7-10-18(19)29)21-20-22(33-28(21)14-5-3-2-4-6-14)24(31)27(23(20)30)15-8-9-16(25)17(26)12-15/h2-12,20-22,29H,1H3/t20-,21-,22+/m1/s1. The first kappa shape index (κ1) is 21.6. The minimum Gasteiger partial charge on any atom is -0.504 e. The molecule has 1 N–H and O–H groups in total. The van der Waals surface area contributed by atoms with Crippen LogP contribution in [-0.2, 0) is 14.4 Å². The number of phenolic OH excluding ortho intramolecular Hbond substituents is 1. The van der Waals surface area contributed by atoms with Crippen LogP contribution < -0.4 is 14.7 Å². The summed E-state index contributed by atoms with van der Waals surface area (Å²) in [5.74, 6) is -1.52. The summed E-state index contributed by atoms with van der Waals surface area (Å²) in [4.78, 5) is 34.1. The number of hydroxylamine groups is 1. The molecule has 2 saturated heterocycles. The van der Waals surface area contributed by atoms with E-state index in [-0.39, 0.29) is 16.5 Å². The van der Waals surface area contributed by atoms with Gasteiger partial charge in [-0.3, -0.25) is 14.4 Å². The molecule has 0 aliphatic carbocycles. The molecule has 2 heterocycles. The molecule has 0 unspecified atom stereocenters. The van der Waals surface area contributed by atoms with E-state index >= 15 is 0 Å². The Bertz CT molecular complexity index is 1250. The van der Waals surface area contributed by atoms with E-state index in [0.29, 0.717) is 22.0 Å². The monoisotopic (exact) mass is 484 g/mol. The maximum Gasteiger partial charge on any atom is 0.266 e. The van der Waals surface area contributed by atoms with Gasteiger partial charge in [-0.15, -0.1) is 0 Å². The molecule has 3 atom stereocenters. The maximum atomic E-state index is 13.6. The zero-order valence-electron chi connectivity index (χ0n) is 17.3. The number of halogens is 2. The van der Waals surface area contributed by atoms with Crippen LogP contribution in [0.25, 0.3) is 0 Å². The fourth-order valence-corrected chi connectivity index (χ4v) is 4.60. The molecule has 2 amide bonds. The summed E-state index contributed by atoms with van der Waals surface area (Å²) >= 11 is 12.1. The van der Waals surface area contributed by atoms with Crippen molar-refractivity contribution < 1.29 is 24.3 Å². The number of nitrogens with zero attached hydrogens (tertiary/aromatic N) is 2. The van der Waals surface area contributed by atoms with E-state index in [1.54, 1.807) is 23.3 Å². The number of imide groups is 1. The second-order valence-corrected chi connectivity index (χ2v) is 8.51. The van der Waals surface area contributed by atoms with Crippen molar-refractivity contribution in [2.45, 2.75) is 12.1 Å². The molecule has 7 nitrogen and oxygen atoms in total. The van der Waals surface area contributed by atoms with Gasteiger partial charge in [0.25, 0.3) is 5.91 Å². The number of anilines is 2. The summed E-state index contributed by atoms with van der Waals surface area (Å²) in [5, 5.41) is 12.2. The molecule has 0 aromatic heterocycles. The van der Waals surface area contributed by atoms with Crippen LogP contribution in [0.1, 0.15) is 11.6 Å². The van der Waals surface area contributed by atoms with E-state index in [1.807, 2.05) is 30.3 Å². The number of para-hydroxylation sites is 1. The molecule has 9 heteroatoms. The third-order valence-electron chi connectivity index (χ3n) is 5.83. The number of hydrogen-bond donors (Lipinski definition) is 1. The first-order chi connectivity index (χ1) is 15.9. The first-order valence-electron chi connectivity index (χ1n) is 10.1. The zero-order valence-corrected chi connectivity index (χ0v) is 18.8. The fourth-order valence-electron chi connectivity index (χ4n) is 4.31. The van der Waals surface area contributed by atoms with Crippen molar-refractivity contribution in [2.24, 2.45) is 5.92 Å². The van der Waals surface area contributed by atoms with Gasteiger partial charge in [0.05, 0.1) is 34.6 Å². The Labute approximate surface area is 199 Å². The van der Waals surface area contributed by atoms with E-state index < -0.39 is 29.9 Å². The van der Waals surface area contributed by atoms with Gasteiger partial charge in [0.2, 0.25) is 5.91 Å². The number of amides is 2. The largest absolute Gasteiger partial charge is 0.504 e. The topological polar surface area (TPSA) is 79.3 Å². The Morgan fingerprint density at radius 2 is 1.67 bits per heavy atom. The lowest BCUT2D eigenvalue weighted by Gasteiger charge is -2.29. The molecular weight excluding hydrogens is 467 g/mol. The highest BCUT2D eigenvalue weighted by Gasteiger charge is 2.60. The summed E-state index contributed by atoms with van der Waals surface area (Å²) in [6.45, 7) is 0. The molecule has 168 valence electrons. The van der Waals surface area contributed by atoms with Crippen molar-refractivity contribution >= 4 is 46.4 Å². The molecule has 2 aliphatic heterocycles. The van der Waals surface area contributed by atoms with Crippen LogP contribution >= 0.6 is 23.2 Å². The Hall–Kier alpha value is -3.26. The maximum absolute atomic E-state index is 13.6. The molecule has 0 saturated carbocycles. The molecule has 3 aromatic rings. The van der Waals surface area contributed by atoms with E-state index in [2.05, 4.69) is 0 Å². The number of rotatable bonds is 4. The van der Waals surface area contributed by atoms with Gasteiger partial charge in [0, 0.05) is 0 Å². The molecule has 5 rings (SSSR count). The van der Waals surface area contributed by atoms with E-state index in [0.717, 1.165) is 4.90 Å². The van der Waals surface area contributed by atoms with Crippen molar-refractivity contribution in [1.29, 1.82) is 0 Å². The normalized spacial score (nSPS) is 22.1. The van der Waals surface area contributed by atoms with Gasteiger partial charge >= 0.3 is 0 Å². The van der Waals surface area contributed by atoms with Gasteiger partial charge < -0.3 is 9.84 Å². The number of benzene rings is 3. The van der Waals surface area contributed by atoms with Gasteiger partial charge in [0.1, 0.15) is 5.92 Å². The van der Waals surface area contributed by atoms with Crippen LogP contribution in [0.2, 0.25) is 10.0 Å². The SMILES string of the molecule is COc1cc([C@@H]2[C@H]3C(=O)N(c4ccc(Cl)c(Cl)c4)C(=O)[C@H]3ON2c2ccccc2)ccc1O. The Kier molecular flexibility index (Phi) is 5.40. The van der Waals surface area contributed by atoms with Crippen LogP contribution in [-0.4, -0.2) is 30.1 Å². The molecule has 0 radical (unpaired) electrons. The van der Waals surface area contributed by atoms with Gasteiger partial charge in [-0.05, 0) is 48.0 Å². The molecule has 2 aliphatic rings. The first-order valence-corrected chi connectivity index (χ1v) is 10.9. The number of carbonyl (C=O) groups is 2. The van der Waals surface area contributed by atoms with Gasteiger partial charge in [-0.1, -0.05) is 47.5 Å².